The third kappa shape index (κ3) is 5.35. The van der Waals surface area contributed by atoms with E-state index >= 15 is 0 Å². The fourth-order valence-corrected chi connectivity index (χ4v) is 6.12. The molecule has 10 heteroatoms. The molecule has 0 radical (unpaired) electrons. The number of fused-ring (bicyclic) bond motifs is 6. The van der Waals surface area contributed by atoms with Gasteiger partial charge in [-0.1, -0.05) is 49.0 Å². The van der Waals surface area contributed by atoms with E-state index < -0.39 is 5.92 Å². The quantitative estimate of drug-likeness (QED) is 0.295. The lowest BCUT2D eigenvalue weighted by molar-refractivity contribution is -0.155. The number of carbonyl (C=O) groups is 4. The third-order valence-corrected chi connectivity index (χ3v) is 8.25. The summed E-state index contributed by atoms with van der Waals surface area (Å²) in [6.45, 7) is 5.57. The molecule has 4 amide bonds. The van der Waals surface area contributed by atoms with Crippen molar-refractivity contribution in [2.24, 2.45) is 0 Å². The summed E-state index contributed by atoms with van der Waals surface area (Å²) >= 11 is 0. The van der Waals surface area contributed by atoms with Gasteiger partial charge in [-0.05, 0) is 42.5 Å². The molecular formula is C32H34N4O6. The molecule has 2 atom stereocenters. The van der Waals surface area contributed by atoms with Gasteiger partial charge in [0.05, 0.1) is 12.5 Å². The molecule has 0 spiro atoms. The molecular weight excluding hydrogens is 536 g/mol. The fraction of sp³-hybridized carbons (Fsp3) is 0.375. The Morgan fingerprint density at radius 1 is 1.10 bits per heavy atom. The minimum Gasteiger partial charge on any atom is -0.353 e. The van der Waals surface area contributed by atoms with Crippen molar-refractivity contribution in [3.8, 4) is 0 Å². The molecule has 218 valence electrons. The lowest BCUT2D eigenvalue weighted by atomic mass is 9.89. The van der Waals surface area contributed by atoms with Crippen molar-refractivity contribution in [2.45, 2.75) is 44.6 Å². The van der Waals surface area contributed by atoms with Crippen LogP contribution in [0.2, 0.25) is 0 Å². The molecule has 2 bridgehead atoms. The van der Waals surface area contributed by atoms with Gasteiger partial charge in [-0.25, -0.2) is 4.79 Å². The second-order valence-corrected chi connectivity index (χ2v) is 10.9. The highest BCUT2D eigenvalue weighted by Gasteiger charge is 2.45. The first-order valence-electron chi connectivity index (χ1n) is 14.4. The lowest BCUT2D eigenvalue weighted by Crippen LogP contribution is -2.58. The molecule has 10 nitrogen and oxygen atoms in total. The molecule has 0 saturated carbocycles. The number of rotatable bonds is 10. The Morgan fingerprint density at radius 2 is 1.90 bits per heavy atom. The summed E-state index contributed by atoms with van der Waals surface area (Å²) < 4.78 is 13.4. The predicted molar refractivity (Wildman–Crippen MR) is 155 cm³/mol. The van der Waals surface area contributed by atoms with Crippen molar-refractivity contribution in [2.75, 3.05) is 32.8 Å². The highest BCUT2D eigenvalue weighted by Crippen LogP contribution is 2.41. The van der Waals surface area contributed by atoms with Gasteiger partial charge in [0.15, 0.2) is 12.1 Å². The van der Waals surface area contributed by atoms with E-state index in [-0.39, 0.29) is 49.6 Å². The monoisotopic (exact) mass is 570 g/mol. The number of ether oxygens (including phenoxy) is 2. The molecule has 2 unspecified atom stereocenters. The van der Waals surface area contributed by atoms with Crippen LogP contribution in [0.3, 0.4) is 0 Å². The Labute approximate surface area is 243 Å². The van der Waals surface area contributed by atoms with Crippen LogP contribution < -0.4 is 5.32 Å². The van der Waals surface area contributed by atoms with Gasteiger partial charge < -0.3 is 24.3 Å². The zero-order valence-corrected chi connectivity index (χ0v) is 23.4. The number of benzene rings is 2. The molecule has 2 saturated heterocycles. The van der Waals surface area contributed by atoms with Crippen molar-refractivity contribution >= 4 is 34.5 Å². The maximum absolute atomic E-state index is 13.6. The highest BCUT2D eigenvalue weighted by molar-refractivity contribution is 6.04. The van der Waals surface area contributed by atoms with Crippen LogP contribution >= 0.6 is 0 Å². The number of aromatic nitrogens is 1. The molecule has 42 heavy (non-hydrogen) atoms. The van der Waals surface area contributed by atoms with Gasteiger partial charge in [0.1, 0.15) is 6.61 Å². The second kappa shape index (κ2) is 11.9. The number of urea groups is 1. The van der Waals surface area contributed by atoms with Crippen LogP contribution in [0.1, 0.15) is 52.4 Å². The number of Topliss-reactive ketones (excluding diaryl/α,β-unsaturated/α-hetero) is 1. The molecule has 0 aliphatic carbocycles. The average molecular weight is 571 g/mol. The number of nitrogens with zero attached hydrogens (tertiary/aromatic N) is 3. The van der Waals surface area contributed by atoms with Gasteiger partial charge >= 0.3 is 6.03 Å². The fourth-order valence-electron chi connectivity index (χ4n) is 6.12. The zero-order chi connectivity index (χ0) is 29.2. The summed E-state index contributed by atoms with van der Waals surface area (Å²) in [6, 6.07) is 15.1. The van der Waals surface area contributed by atoms with Crippen LogP contribution in [0.4, 0.5) is 4.79 Å². The predicted octanol–water partition coefficient (Wildman–Crippen LogP) is 3.58. The first-order chi connectivity index (χ1) is 20.4. The van der Waals surface area contributed by atoms with Crippen LogP contribution in [-0.2, 0) is 32.2 Å². The number of amides is 4. The molecule has 3 aliphatic heterocycles. The normalized spacial score (nSPS) is 20.0. The number of ketones is 1. The number of para-hydroxylation sites is 1. The van der Waals surface area contributed by atoms with E-state index in [1.165, 1.54) is 4.90 Å². The molecule has 3 aliphatic rings. The van der Waals surface area contributed by atoms with Crippen molar-refractivity contribution in [1.29, 1.82) is 0 Å². The zero-order valence-electron chi connectivity index (χ0n) is 23.4. The topological polar surface area (TPSA) is 110 Å². The minimum atomic E-state index is -0.485. The Balaban J connectivity index is 1.22. The van der Waals surface area contributed by atoms with Gasteiger partial charge in [0.25, 0.3) is 0 Å². The summed E-state index contributed by atoms with van der Waals surface area (Å²) in [7, 11) is 0. The van der Waals surface area contributed by atoms with Gasteiger partial charge in [0.2, 0.25) is 11.8 Å². The number of nitrogens with one attached hydrogen (secondary N) is 1. The van der Waals surface area contributed by atoms with Crippen molar-refractivity contribution in [3.63, 3.8) is 0 Å². The Morgan fingerprint density at radius 3 is 2.67 bits per heavy atom. The average Bonchev–Trinajstić information content (AvgIpc) is 3.34. The standard InChI is InChI=1S/C32H34N4O6/c1-2-28(38)33-14-15-35-31(39)24-18-34(32(35)40)19-26-30(24)23-7-3-4-8-25(23)36(26)17-21-10-12-22(13-11-21)27(37)20-42-29-9-5-6-16-41-29/h2-4,7-8,10-13,24,29H,1,5-6,9,14-20H2,(H,33,38). The maximum atomic E-state index is 13.6. The van der Waals surface area contributed by atoms with E-state index in [0.29, 0.717) is 31.8 Å². The molecule has 6 rings (SSSR count). The number of hydrogen-bond donors (Lipinski definition) is 1. The molecule has 4 heterocycles. The molecule has 1 aromatic heterocycles. The molecule has 2 aromatic carbocycles. The first-order valence-corrected chi connectivity index (χ1v) is 14.4. The number of carbonyl (C=O) groups excluding carboxylic acids is 4. The Hall–Kier alpha value is -4.28. The molecule has 1 N–H and O–H groups in total. The van der Waals surface area contributed by atoms with Crippen molar-refractivity contribution in [3.05, 3.63) is 83.6 Å². The van der Waals surface area contributed by atoms with Gasteiger partial charge in [-0.2, -0.15) is 0 Å². The van der Waals surface area contributed by atoms with E-state index in [1.54, 1.807) is 4.90 Å². The second-order valence-electron chi connectivity index (χ2n) is 10.9. The van der Waals surface area contributed by atoms with Crippen LogP contribution in [0, 0.1) is 0 Å². The summed E-state index contributed by atoms with van der Waals surface area (Å²) in [4.78, 5) is 54.1. The molecule has 2 fully saturated rings. The summed E-state index contributed by atoms with van der Waals surface area (Å²) in [5.74, 6) is -1.18. The van der Waals surface area contributed by atoms with E-state index in [9.17, 15) is 19.2 Å². The highest BCUT2D eigenvalue weighted by atomic mass is 16.7. The minimum absolute atomic E-state index is 0.0172. The van der Waals surface area contributed by atoms with Crippen molar-refractivity contribution < 1.29 is 28.7 Å². The molecule has 3 aromatic rings. The van der Waals surface area contributed by atoms with E-state index in [2.05, 4.69) is 16.5 Å². The SMILES string of the molecule is C=CC(=O)NCCN1C(=O)C2CN(Cc3c2c2ccccc2n3Cc2ccc(C(=O)COC3CCCCO3)cc2)C1=O. The van der Waals surface area contributed by atoms with Crippen LogP contribution in [0.5, 0.6) is 0 Å². The summed E-state index contributed by atoms with van der Waals surface area (Å²) in [5.41, 5.74) is 4.45. The summed E-state index contributed by atoms with van der Waals surface area (Å²) in [5, 5.41) is 3.63. The van der Waals surface area contributed by atoms with Gasteiger partial charge in [0, 0.05) is 54.9 Å². The Bertz CT molecular complexity index is 1540. The van der Waals surface area contributed by atoms with Crippen molar-refractivity contribution in [1.82, 2.24) is 19.7 Å². The van der Waals surface area contributed by atoms with E-state index in [4.69, 9.17) is 9.47 Å². The lowest BCUT2D eigenvalue weighted by Gasteiger charge is -2.42. The number of imide groups is 1. The van der Waals surface area contributed by atoms with Crippen LogP contribution in [-0.4, -0.2) is 77.1 Å². The van der Waals surface area contributed by atoms with Crippen LogP contribution in [0.25, 0.3) is 10.9 Å². The van der Waals surface area contributed by atoms with E-state index in [0.717, 1.165) is 53.1 Å². The summed E-state index contributed by atoms with van der Waals surface area (Å²) in [6.07, 6.45) is 3.72. The van der Waals surface area contributed by atoms with Crippen LogP contribution in [0.15, 0.2) is 61.2 Å². The smallest absolute Gasteiger partial charge is 0.327 e. The maximum Gasteiger partial charge on any atom is 0.327 e. The first kappa shape index (κ1) is 27.9. The number of hydrogen-bond acceptors (Lipinski definition) is 6. The third-order valence-electron chi connectivity index (χ3n) is 8.25. The van der Waals surface area contributed by atoms with E-state index in [1.807, 2.05) is 48.5 Å². The van der Waals surface area contributed by atoms with Gasteiger partial charge in [-0.3, -0.25) is 19.3 Å². The van der Waals surface area contributed by atoms with Gasteiger partial charge in [-0.15, -0.1) is 0 Å². The Kier molecular flexibility index (Phi) is 7.90. The largest absolute Gasteiger partial charge is 0.353 e.